The summed E-state index contributed by atoms with van der Waals surface area (Å²) in [6, 6.07) is -1.85. The standard InChI is InChI=1S/C6H12N2O4S2.H2O3Se/c7-3(5(9)10)1-13-14-2-4(8)6(11)12;1-4(2)3/h3-4H,1-2,7-8H2,(H,9,10)(H,11,12);(H2,1,2,3)/t3-,4?;/m0./s1. The fourth-order valence-corrected chi connectivity index (χ4v) is 2.61. The van der Waals surface area contributed by atoms with Crippen LogP contribution >= 0.6 is 21.6 Å². The zero-order chi connectivity index (χ0) is 14.7. The van der Waals surface area contributed by atoms with Crippen LogP contribution in [0.1, 0.15) is 0 Å². The first-order chi connectivity index (χ1) is 8.18. The molecular weight excluding hydrogens is 355 g/mol. The Labute approximate surface area is 115 Å². The van der Waals surface area contributed by atoms with Crippen molar-refractivity contribution in [3.05, 3.63) is 0 Å². The SMILES string of the molecule is NC(CSSC[C@H](N)C(=O)O)C(=O)O.O=[Se](O)O. The Hall–Kier alpha value is -0.201. The molecule has 0 fully saturated rings. The Morgan fingerprint density at radius 3 is 1.39 bits per heavy atom. The van der Waals surface area contributed by atoms with Gasteiger partial charge in [-0.2, -0.15) is 0 Å². The number of carboxylic acids is 2. The van der Waals surface area contributed by atoms with E-state index in [1.165, 1.54) is 21.6 Å². The number of hydrogen-bond acceptors (Lipinski definition) is 7. The molecule has 0 aliphatic rings. The maximum atomic E-state index is 10.3. The van der Waals surface area contributed by atoms with E-state index in [1.807, 2.05) is 0 Å². The molecule has 12 heteroatoms. The number of carbonyl (C=O) groups is 2. The molecule has 0 aromatic rings. The summed E-state index contributed by atoms with van der Waals surface area (Å²) >= 11 is -3.29. The van der Waals surface area contributed by atoms with Crippen LogP contribution in [-0.2, 0) is 13.4 Å². The quantitative estimate of drug-likeness (QED) is 0.159. The second-order valence-electron chi connectivity index (χ2n) is 2.69. The van der Waals surface area contributed by atoms with Gasteiger partial charge in [-0.3, -0.25) is 9.59 Å². The molecule has 1 unspecified atom stereocenters. The van der Waals surface area contributed by atoms with Crippen molar-refractivity contribution in [3.63, 3.8) is 0 Å². The van der Waals surface area contributed by atoms with E-state index in [9.17, 15) is 9.59 Å². The number of nitrogens with two attached hydrogens (primary N) is 2. The molecule has 0 aliphatic heterocycles. The molecule has 0 bridgehead atoms. The van der Waals surface area contributed by atoms with E-state index < -0.39 is 38.5 Å². The number of rotatable bonds is 7. The average Bonchev–Trinajstić information content (AvgIpc) is 2.22. The third-order valence-corrected chi connectivity index (χ3v) is 3.69. The summed E-state index contributed by atoms with van der Waals surface area (Å²) in [5, 5.41) is 16.8. The van der Waals surface area contributed by atoms with Gasteiger partial charge in [0.15, 0.2) is 0 Å². The van der Waals surface area contributed by atoms with Gasteiger partial charge in [0, 0.05) is 11.5 Å². The van der Waals surface area contributed by atoms with Crippen molar-refractivity contribution in [2.75, 3.05) is 11.5 Å². The molecule has 8 N–H and O–H groups in total. The van der Waals surface area contributed by atoms with Crippen molar-refractivity contribution in [2.45, 2.75) is 12.1 Å². The minimum atomic E-state index is -3.29. The van der Waals surface area contributed by atoms with E-state index in [-0.39, 0.29) is 11.5 Å². The summed E-state index contributed by atoms with van der Waals surface area (Å²) in [4.78, 5) is 20.5. The van der Waals surface area contributed by atoms with Gasteiger partial charge in [-0.25, -0.2) is 0 Å². The van der Waals surface area contributed by atoms with Gasteiger partial charge in [-0.1, -0.05) is 21.6 Å². The normalized spacial score (nSPS) is 13.4. The molecule has 0 aromatic carbocycles. The summed E-state index contributed by atoms with van der Waals surface area (Å²) in [7, 11) is 2.41. The predicted molar refractivity (Wildman–Crippen MR) is 67.0 cm³/mol. The Morgan fingerprint density at radius 2 is 1.22 bits per heavy atom. The van der Waals surface area contributed by atoms with E-state index in [2.05, 4.69) is 0 Å². The molecule has 0 amide bonds. The number of carboxylic acid groups (broad SMARTS) is 2. The van der Waals surface area contributed by atoms with Crippen LogP contribution in [0.15, 0.2) is 0 Å². The third kappa shape index (κ3) is 15.8. The van der Waals surface area contributed by atoms with Gasteiger partial charge in [0.1, 0.15) is 12.1 Å². The second kappa shape index (κ2) is 11.9. The molecule has 0 spiro atoms. The molecule has 18 heavy (non-hydrogen) atoms. The van der Waals surface area contributed by atoms with Gasteiger partial charge in [0.05, 0.1) is 0 Å². The molecule has 2 atom stereocenters. The molecule has 108 valence electrons. The molecule has 0 saturated carbocycles. The average molecular weight is 369 g/mol. The van der Waals surface area contributed by atoms with Crippen LogP contribution in [0.2, 0.25) is 0 Å². The topological polar surface area (TPSA) is 184 Å². The molecule has 9 nitrogen and oxygen atoms in total. The molecule has 0 saturated heterocycles. The number of aliphatic carboxylic acids is 2. The fourth-order valence-electron chi connectivity index (χ4n) is 0.385. The van der Waals surface area contributed by atoms with Crippen molar-refractivity contribution in [1.82, 2.24) is 0 Å². The zero-order valence-electron chi connectivity index (χ0n) is 8.96. The van der Waals surface area contributed by atoms with Gasteiger partial charge in [-0.05, 0) is 0 Å². The van der Waals surface area contributed by atoms with Crippen LogP contribution in [0.3, 0.4) is 0 Å². The van der Waals surface area contributed by atoms with Crippen LogP contribution in [0.5, 0.6) is 0 Å². The molecular formula is C6H14N2O7S2Se. The Bertz CT molecular complexity index is 267. The Kier molecular flexibility index (Phi) is 13.3. The minimum absolute atomic E-state index is 0.229. The molecule has 0 aromatic heterocycles. The summed E-state index contributed by atoms with van der Waals surface area (Å²) < 4.78 is 23.1. The van der Waals surface area contributed by atoms with Crippen LogP contribution in [0.4, 0.5) is 0 Å². The van der Waals surface area contributed by atoms with E-state index in [4.69, 9.17) is 33.9 Å². The van der Waals surface area contributed by atoms with Crippen LogP contribution < -0.4 is 11.5 Å². The van der Waals surface area contributed by atoms with Gasteiger partial charge in [0.2, 0.25) is 0 Å². The summed E-state index contributed by atoms with van der Waals surface area (Å²) in [5.74, 6) is -1.68. The van der Waals surface area contributed by atoms with Gasteiger partial charge >= 0.3 is 38.6 Å². The molecule has 0 heterocycles. The van der Waals surface area contributed by atoms with E-state index in [0.717, 1.165) is 0 Å². The van der Waals surface area contributed by atoms with Crippen molar-refractivity contribution < 1.29 is 32.0 Å². The molecule has 0 rings (SSSR count). The van der Waals surface area contributed by atoms with Crippen LogP contribution in [0, 0.1) is 0 Å². The molecule has 0 aliphatic carbocycles. The monoisotopic (exact) mass is 370 g/mol. The van der Waals surface area contributed by atoms with E-state index in [1.54, 1.807) is 0 Å². The predicted octanol–water partition coefficient (Wildman–Crippen LogP) is -2.42. The first kappa shape index (κ1) is 20.1. The Morgan fingerprint density at radius 1 is 1.00 bits per heavy atom. The summed E-state index contributed by atoms with van der Waals surface area (Å²) in [6.45, 7) is 0. The summed E-state index contributed by atoms with van der Waals surface area (Å²) in [6.07, 6.45) is 0. The van der Waals surface area contributed by atoms with Gasteiger partial charge < -0.3 is 21.7 Å². The first-order valence-corrected chi connectivity index (χ1v) is 8.91. The second-order valence-corrected chi connectivity index (χ2v) is 6.21. The van der Waals surface area contributed by atoms with Gasteiger partial charge in [0.25, 0.3) is 0 Å². The summed E-state index contributed by atoms with van der Waals surface area (Å²) in [5.41, 5.74) is 10.4. The maximum absolute atomic E-state index is 10.3. The van der Waals surface area contributed by atoms with Crippen LogP contribution in [0.25, 0.3) is 0 Å². The van der Waals surface area contributed by atoms with Crippen molar-refractivity contribution >= 4 is 48.0 Å². The fraction of sp³-hybridized carbons (Fsp3) is 0.667. The van der Waals surface area contributed by atoms with E-state index in [0.29, 0.717) is 0 Å². The van der Waals surface area contributed by atoms with E-state index >= 15 is 0 Å². The third-order valence-electron chi connectivity index (χ3n) is 1.21. The first-order valence-electron chi connectivity index (χ1n) is 4.19. The van der Waals surface area contributed by atoms with Crippen molar-refractivity contribution in [1.29, 1.82) is 0 Å². The van der Waals surface area contributed by atoms with Gasteiger partial charge in [-0.15, -0.1) is 0 Å². The zero-order valence-corrected chi connectivity index (χ0v) is 12.3. The Balaban J connectivity index is 0. The molecule has 0 radical (unpaired) electrons. The van der Waals surface area contributed by atoms with Crippen molar-refractivity contribution in [2.24, 2.45) is 11.5 Å². The number of hydrogen-bond donors (Lipinski definition) is 6. The van der Waals surface area contributed by atoms with Crippen LogP contribution in [-0.4, -0.2) is 68.6 Å². The van der Waals surface area contributed by atoms with Crippen molar-refractivity contribution in [3.8, 4) is 0 Å².